The molecule has 0 nitrogen and oxygen atoms in total. The van der Waals surface area contributed by atoms with Gasteiger partial charge in [-0.15, -0.1) is 9.24 Å². The zero-order valence-corrected chi connectivity index (χ0v) is 15.0. The van der Waals surface area contributed by atoms with E-state index < -0.39 is 11.7 Å². The van der Waals surface area contributed by atoms with Crippen molar-refractivity contribution in [2.45, 2.75) is 67.5 Å². The topological polar surface area (TPSA) is 0 Å². The Morgan fingerprint density at radius 1 is 1.05 bits per heavy atom. The van der Waals surface area contributed by atoms with Crippen molar-refractivity contribution >= 4 is 9.24 Å². The third kappa shape index (κ3) is 10.3. The van der Waals surface area contributed by atoms with Crippen molar-refractivity contribution in [2.75, 3.05) is 0 Å². The summed E-state index contributed by atoms with van der Waals surface area (Å²) in [4.78, 5) is 0. The Morgan fingerprint density at radius 2 is 1.50 bits per heavy atom. The van der Waals surface area contributed by atoms with E-state index >= 15 is 0 Å². The van der Waals surface area contributed by atoms with Crippen LogP contribution in [0.3, 0.4) is 0 Å². The second kappa shape index (κ2) is 14.8. The maximum Gasteiger partial charge on any atom is 0.417 e. The normalized spacial score (nSPS) is 13.7. The summed E-state index contributed by atoms with van der Waals surface area (Å²) in [5.74, 6) is 0. The van der Waals surface area contributed by atoms with Gasteiger partial charge in [0.2, 0.25) is 0 Å². The molecular weight excluding hydrogens is 280 g/mol. The maximum absolute atomic E-state index is 12.5. The minimum absolute atomic E-state index is 0.209. The van der Waals surface area contributed by atoms with Crippen molar-refractivity contribution in [1.29, 1.82) is 0 Å². The third-order valence-corrected chi connectivity index (χ3v) is 2.60. The second-order valence-electron chi connectivity index (χ2n) is 3.13. The van der Waals surface area contributed by atoms with Gasteiger partial charge in [0.1, 0.15) is 0 Å². The van der Waals surface area contributed by atoms with Crippen LogP contribution in [0.1, 0.15) is 61.3 Å². The Balaban J connectivity index is -0.000000425. The van der Waals surface area contributed by atoms with Crippen molar-refractivity contribution in [3.8, 4) is 0 Å². The van der Waals surface area contributed by atoms with Gasteiger partial charge in [-0.2, -0.15) is 13.2 Å². The third-order valence-electron chi connectivity index (χ3n) is 2.10. The predicted octanol–water partition coefficient (Wildman–Crippen LogP) is 7.05. The predicted molar refractivity (Wildman–Crippen MR) is 89.0 cm³/mol. The Morgan fingerprint density at radius 3 is 1.85 bits per heavy atom. The largest absolute Gasteiger partial charge is 0.417 e. The van der Waals surface area contributed by atoms with Crippen LogP contribution >= 0.6 is 9.24 Å². The van der Waals surface area contributed by atoms with Gasteiger partial charge in [-0.3, -0.25) is 0 Å². The van der Waals surface area contributed by atoms with E-state index in [1.165, 1.54) is 12.2 Å². The summed E-state index contributed by atoms with van der Waals surface area (Å²) in [6.07, 6.45) is 1.52. The van der Waals surface area contributed by atoms with Crippen molar-refractivity contribution in [3.05, 3.63) is 34.7 Å². The highest BCUT2D eigenvalue weighted by atomic mass is 31.0. The van der Waals surface area contributed by atoms with Gasteiger partial charge >= 0.3 is 6.18 Å². The molecule has 0 aromatic heterocycles. The van der Waals surface area contributed by atoms with Crippen LogP contribution in [0.4, 0.5) is 13.2 Å². The summed E-state index contributed by atoms with van der Waals surface area (Å²) in [5.41, 5.74) is 0.263. The van der Waals surface area contributed by atoms with E-state index in [1.54, 1.807) is 6.08 Å². The quantitative estimate of drug-likeness (QED) is 0.455. The minimum Gasteiger partial charge on any atom is -0.166 e. The van der Waals surface area contributed by atoms with Crippen LogP contribution in [0.2, 0.25) is 0 Å². The average Bonchev–Trinajstić information content (AvgIpc) is 2.66. The molecule has 1 atom stereocenters. The first-order chi connectivity index (χ1) is 9.45. The Bertz CT molecular complexity index is 310. The lowest BCUT2D eigenvalue weighted by atomic mass is 10.1. The van der Waals surface area contributed by atoms with Gasteiger partial charge in [0.05, 0.1) is 5.57 Å². The van der Waals surface area contributed by atoms with Crippen molar-refractivity contribution in [1.82, 2.24) is 0 Å². The molecule has 4 heteroatoms. The lowest BCUT2D eigenvalue weighted by molar-refractivity contribution is -0.0884. The van der Waals surface area contributed by atoms with E-state index in [-0.39, 0.29) is 5.31 Å². The van der Waals surface area contributed by atoms with Gasteiger partial charge in [0.25, 0.3) is 0 Å². The van der Waals surface area contributed by atoms with Gasteiger partial charge < -0.3 is 0 Å². The van der Waals surface area contributed by atoms with E-state index in [2.05, 4.69) is 9.24 Å². The van der Waals surface area contributed by atoms with Crippen LogP contribution < -0.4 is 0 Å². The molecule has 20 heavy (non-hydrogen) atoms. The van der Waals surface area contributed by atoms with Crippen LogP contribution in [-0.4, -0.2) is 6.18 Å². The van der Waals surface area contributed by atoms with Gasteiger partial charge in [-0.05, 0) is 24.2 Å². The molecule has 0 N–H and O–H groups in total. The van der Waals surface area contributed by atoms with Crippen LogP contribution in [0.15, 0.2) is 34.7 Å². The zero-order valence-electron chi connectivity index (χ0n) is 13.9. The van der Waals surface area contributed by atoms with Crippen molar-refractivity contribution in [3.63, 3.8) is 0 Å². The highest BCUT2D eigenvalue weighted by Gasteiger charge is 2.33. The molecule has 0 amide bonds. The first-order valence-electron chi connectivity index (χ1n) is 7.38. The monoisotopic (exact) mass is 310 g/mol. The van der Waals surface area contributed by atoms with E-state index in [9.17, 15) is 13.2 Å². The smallest absolute Gasteiger partial charge is 0.166 e. The molecule has 1 aliphatic carbocycles. The Hall–Kier alpha value is -0.560. The summed E-state index contributed by atoms with van der Waals surface area (Å²) in [6, 6.07) is 0. The van der Waals surface area contributed by atoms with Crippen LogP contribution in [-0.2, 0) is 0 Å². The summed E-state index contributed by atoms with van der Waals surface area (Å²) in [6.45, 7) is 13.9. The SMILES string of the molecule is CC.CC.CC.CCC1=CC(C(F)(F)F)=C(P)C=CC1. The molecule has 0 aromatic rings. The fourth-order valence-electron chi connectivity index (χ4n) is 1.27. The van der Waals surface area contributed by atoms with E-state index in [0.29, 0.717) is 12.8 Å². The van der Waals surface area contributed by atoms with Crippen LogP contribution in [0.5, 0.6) is 0 Å². The second-order valence-corrected chi connectivity index (χ2v) is 3.75. The molecular formula is C16H30F3P. The molecule has 0 spiro atoms. The molecule has 1 unspecified atom stereocenters. The number of hydrogen-bond acceptors (Lipinski definition) is 0. The van der Waals surface area contributed by atoms with Crippen LogP contribution in [0, 0.1) is 0 Å². The van der Waals surface area contributed by atoms with Crippen molar-refractivity contribution < 1.29 is 13.2 Å². The number of rotatable bonds is 1. The molecule has 120 valence electrons. The Labute approximate surface area is 125 Å². The van der Waals surface area contributed by atoms with E-state index in [4.69, 9.17) is 0 Å². The summed E-state index contributed by atoms with van der Waals surface area (Å²) < 4.78 is 37.6. The fourth-order valence-corrected chi connectivity index (χ4v) is 1.65. The first kappa shape index (κ1) is 24.5. The molecule has 0 bridgehead atoms. The summed E-state index contributed by atoms with van der Waals surface area (Å²) >= 11 is 0. The molecule has 0 saturated carbocycles. The molecule has 0 radical (unpaired) electrons. The first-order valence-corrected chi connectivity index (χ1v) is 7.95. The van der Waals surface area contributed by atoms with Gasteiger partial charge in [-0.1, -0.05) is 66.2 Å². The van der Waals surface area contributed by atoms with Gasteiger partial charge in [-0.25, -0.2) is 0 Å². The standard InChI is InChI=1S/C10H12F3P.3C2H6/c1-2-7-4-3-5-9(14)8(6-7)10(11,12)13;3*1-2/h3,5-6H,2,4,14H2,1H3;3*1-2H3. The van der Waals surface area contributed by atoms with Gasteiger partial charge in [0, 0.05) is 0 Å². The Kier molecular flexibility index (Phi) is 18.1. The van der Waals surface area contributed by atoms with Crippen LogP contribution in [0.25, 0.3) is 0 Å². The molecule has 0 saturated heterocycles. The molecule has 1 rings (SSSR count). The number of allylic oxidation sites excluding steroid dienone is 6. The van der Waals surface area contributed by atoms with E-state index in [0.717, 1.165) is 5.57 Å². The van der Waals surface area contributed by atoms with E-state index in [1.807, 2.05) is 48.5 Å². The molecule has 0 aromatic carbocycles. The lowest BCUT2D eigenvalue weighted by Crippen LogP contribution is -2.11. The number of hydrogen-bond donors (Lipinski definition) is 0. The van der Waals surface area contributed by atoms with Crippen molar-refractivity contribution in [2.24, 2.45) is 0 Å². The highest BCUT2D eigenvalue weighted by Crippen LogP contribution is 2.35. The summed E-state index contributed by atoms with van der Waals surface area (Å²) in [7, 11) is 2.13. The van der Waals surface area contributed by atoms with Gasteiger partial charge in [0.15, 0.2) is 0 Å². The lowest BCUT2D eigenvalue weighted by Gasteiger charge is -2.10. The zero-order chi connectivity index (χ0) is 16.8. The maximum atomic E-state index is 12.5. The minimum atomic E-state index is -4.26. The average molecular weight is 310 g/mol. The molecule has 1 aliphatic rings. The molecule has 0 aliphatic heterocycles. The molecule has 0 fully saturated rings. The highest BCUT2D eigenvalue weighted by molar-refractivity contribution is 7.23. The number of alkyl halides is 3. The molecule has 0 heterocycles. The summed E-state index contributed by atoms with van der Waals surface area (Å²) in [5, 5.41) is 0.209. The number of halogens is 3. The fraction of sp³-hybridized carbons (Fsp3) is 0.625.